The van der Waals surface area contributed by atoms with E-state index >= 15 is 0 Å². The van der Waals surface area contributed by atoms with E-state index in [9.17, 15) is 9.90 Å². The van der Waals surface area contributed by atoms with Gasteiger partial charge in [-0.05, 0) is 68.1 Å². The summed E-state index contributed by atoms with van der Waals surface area (Å²) in [5.41, 5.74) is 1.81. The van der Waals surface area contributed by atoms with Crippen LogP contribution in [0.25, 0.3) is 0 Å². The number of rotatable bonds is 0. The molecule has 3 saturated carbocycles. The molecule has 27 heavy (non-hydrogen) atoms. The van der Waals surface area contributed by atoms with Gasteiger partial charge in [0, 0.05) is 11.8 Å². The lowest BCUT2D eigenvalue weighted by molar-refractivity contribution is -0.132. The molecule has 0 heterocycles. The van der Waals surface area contributed by atoms with Crippen LogP contribution in [0.1, 0.15) is 65.2 Å². The van der Waals surface area contributed by atoms with E-state index in [0.29, 0.717) is 23.0 Å². The maximum Gasteiger partial charge on any atom is 0.139 e. The highest BCUT2D eigenvalue weighted by atomic mass is 16.3. The van der Waals surface area contributed by atoms with Gasteiger partial charge in [0.2, 0.25) is 0 Å². The van der Waals surface area contributed by atoms with Crippen molar-refractivity contribution in [3.05, 3.63) is 11.6 Å². The topological polar surface area (TPSA) is 226 Å². The molecule has 8 nitrogen and oxygen atoms in total. The third kappa shape index (κ3) is 4.12. The largest absolute Gasteiger partial charge is 0.412 e. The molecule has 0 bridgehead atoms. The lowest BCUT2D eigenvalue weighted by Gasteiger charge is -2.56. The summed E-state index contributed by atoms with van der Waals surface area (Å²) in [5, 5.41) is 10.00. The highest BCUT2D eigenvalue weighted by Gasteiger charge is 2.58. The molecule has 0 amide bonds. The van der Waals surface area contributed by atoms with E-state index in [4.69, 9.17) is 0 Å². The van der Waals surface area contributed by atoms with Crippen LogP contribution in [0.5, 0.6) is 0 Å². The first kappa shape index (κ1) is 30.8. The molecule has 3 fully saturated rings. The second-order valence-electron chi connectivity index (χ2n) is 8.57. The Balaban J connectivity index is -0.000000960. The number of fused-ring (bicyclic) bond motifs is 5. The molecule has 164 valence electrons. The zero-order valence-corrected chi connectivity index (χ0v) is 16.4. The number of aliphatic hydroxyl groups excluding tert-OH is 1. The monoisotopic (exact) mass is 396 g/mol. The van der Waals surface area contributed by atoms with Gasteiger partial charge in [0.15, 0.2) is 0 Å². The lowest BCUT2D eigenvalue weighted by atomic mass is 9.48. The molecule has 4 aliphatic carbocycles. The first-order valence-electron chi connectivity index (χ1n) is 8.86. The Labute approximate surface area is 160 Å². The Morgan fingerprint density at radius 3 is 2.07 bits per heavy atom. The molecule has 13 N–H and O–H groups in total. The van der Waals surface area contributed by atoms with Crippen LogP contribution in [0, 0.1) is 28.6 Å². The molecule has 0 aliphatic heterocycles. The maximum atomic E-state index is 12.4. The Bertz CT molecular complexity index is 522. The molecule has 4 aliphatic rings. The molecule has 0 aromatic rings. The number of aliphatic hydroxyl groups is 1. The summed E-state index contributed by atoms with van der Waals surface area (Å²) in [6, 6.07) is 0. The van der Waals surface area contributed by atoms with Crippen LogP contribution in [-0.4, -0.2) is 49.9 Å². The van der Waals surface area contributed by atoms with Crippen molar-refractivity contribution in [3.63, 3.8) is 0 Å². The van der Waals surface area contributed by atoms with E-state index < -0.39 is 0 Å². The van der Waals surface area contributed by atoms with Crippen molar-refractivity contribution < 1.29 is 42.8 Å². The number of carbonyl (C=O) groups excluding carboxylic acids is 1. The van der Waals surface area contributed by atoms with E-state index in [1.54, 1.807) is 0 Å². The van der Waals surface area contributed by atoms with Crippen molar-refractivity contribution >= 4 is 5.78 Å². The fourth-order valence-corrected chi connectivity index (χ4v) is 6.41. The molecule has 0 aromatic heterocycles. The number of hydrogen-bond acceptors (Lipinski definition) is 2. The van der Waals surface area contributed by atoms with Gasteiger partial charge in [-0.25, -0.2) is 0 Å². The number of Topliss-reactive ketones (excluding diaryl/α,β-unsaturated/α-hetero) is 1. The first-order chi connectivity index (χ1) is 9.95. The van der Waals surface area contributed by atoms with Gasteiger partial charge >= 0.3 is 0 Å². The molecule has 0 radical (unpaired) electrons. The van der Waals surface area contributed by atoms with Gasteiger partial charge in [-0.1, -0.05) is 25.5 Å². The minimum atomic E-state index is -0.122. The van der Waals surface area contributed by atoms with Crippen molar-refractivity contribution in [1.29, 1.82) is 0 Å². The summed E-state index contributed by atoms with van der Waals surface area (Å²) in [7, 11) is 0. The third-order valence-corrected chi connectivity index (χ3v) is 7.79. The summed E-state index contributed by atoms with van der Waals surface area (Å²) in [6.07, 6.45) is 10.7. The van der Waals surface area contributed by atoms with Crippen LogP contribution in [0.4, 0.5) is 0 Å². The van der Waals surface area contributed by atoms with Gasteiger partial charge in [0.1, 0.15) is 5.78 Å². The average Bonchev–Trinajstić information content (AvgIpc) is 2.76. The second-order valence-corrected chi connectivity index (χ2v) is 8.57. The van der Waals surface area contributed by atoms with Crippen molar-refractivity contribution in [3.8, 4) is 0 Å². The first-order valence-corrected chi connectivity index (χ1v) is 8.86. The number of allylic oxidation sites excluding steroid dienone is 1. The van der Waals surface area contributed by atoms with Crippen LogP contribution in [0.15, 0.2) is 11.6 Å². The van der Waals surface area contributed by atoms with E-state index in [0.717, 1.165) is 50.9 Å². The summed E-state index contributed by atoms with van der Waals surface area (Å²) in [5.74, 6) is 2.60. The highest BCUT2D eigenvalue weighted by molar-refractivity contribution is 5.87. The highest BCUT2D eigenvalue weighted by Crippen LogP contribution is 2.63. The summed E-state index contributed by atoms with van der Waals surface area (Å²) >= 11 is 0. The molecule has 4 rings (SSSR count). The SMILES string of the molecule is C[C@]12CC[C@H](O)CC1=CC[C@@H]1[C@@H]2CC[C@]2(C)C(=O)CC[C@@H]12.O.O.O.O.O.O. The normalized spacial score (nSPS) is 41.0. The van der Waals surface area contributed by atoms with Gasteiger partial charge < -0.3 is 38.0 Å². The minimum Gasteiger partial charge on any atom is -0.412 e. The minimum absolute atomic E-state index is 0. The molecular weight excluding hydrogens is 356 g/mol. The number of carbonyl (C=O) groups is 1. The Morgan fingerprint density at radius 1 is 0.889 bits per heavy atom. The van der Waals surface area contributed by atoms with Crippen LogP contribution in [0.3, 0.4) is 0 Å². The van der Waals surface area contributed by atoms with Crippen LogP contribution >= 0.6 is 0 Å². The third-order valence-electron chi connectivity index (χ3n) is 7.79. The van der Waals surface area contributed by atoms with Gasteiger partial charge in [-0.3, -0.25) is 4.79 Å². The Morgan fingerprint density at radius 2 is 1.44 bits per heavy atom. The quantitative estimate of drug-likeness (QED) is 0.504. The lowest BCUT2D eigenvalue weighted by Crippen LogP contribution is -2.50. The molecule has 0 spiro atoms. The standard InChI is InChI=1S/C19H28O2.6H2O/c1-18-9-7-13(20)11-12(18)3-4-14-15-5-6-17(21)19(15,2)10-8-16(14)18;;;;;;/h3,13-16,20H,4-11H2,1-2H3;6*1H2/t13-,14-,15-,16-,18-,19-;;;;;;/m0....../s1. The summed E-state index contributed by atoms with van der Waals surface area (Å²) in [6.45, 7) is 4.69. The molecule has 8 heteroatoms. The van der Waals surface area contributed by atoms with Gasteiger partial charge in [0.05, 0.1) is 6.10 Å². The average molecular weight is 397 g/mol. The van der Waals surface area contributed by atoms with E-state index in [1.165, 1.54) is 12.0 Å². The zero-order chi connectivity index (χ0) is 14.8. The van der Waals surface area contributed by atoms with Crippen molar-refractivity contribution in [2.75, 3.05) is 0 Å². The molecule has 6 atom stereocenters. The number of hydrogen-bond donors (Lipinski definition) is 1. The predicted molar refractivity (Wildman–Crippen MR) is 104 cm³/mol. The van der Waals surface area contributed by atoms with E-state index in [2.05, 4.69) is 19.9 Å². The van der Waals surface area contributed by atoms with E-state index in [-0.39, 0.29) is 44.4 Å². The van der Waals surface area contributed by atoms with Gasteiger partial charge in [-0.2, -0.15) is 0 Å². The molecular formula is C19H40O8. The molecule has 0 aromatic carbocycles. The predicted octanol–water partition coefficient (Wildman–Crippen LogP) is -1.07. The Hall–Kier alpha value is -0.870. The number of ketones is 1. The molecule has 0 saturated heterocycles. The van der Waals surface area contributed by atoms with Crippen LogP contribution in [0.2, 0.25) is 0 Å². The Kier molecular flexibility index (Phi) is 11.5. The van der Waals surface area contributed by atoms with Crippen molar-refractivity contribution in [1.82, 2.24) is 0 Å². The van der Waals surface area contributed by atoms with Crippen LogP contribution in [-0.2, 0) is 4.79 Å². The van der Waals surface area contributed by atoms with Gasteiger partial charge in [-0.15, -0.1) is 0 Å². The fraction of sp³-hybridized carbons (Fsp3) is 0.842. The maximum absolute atomic E-state index is 12.4. The van der Waals surface area contributed by atoms with E-state index in [1.807, 2.05) is 0 Å². The summed E-state index contributed by atoms with van der Waals surface area (Å²) in [4.78, 5) is 12.4. The van der Waals surface area contributed by atoms with Gasteiger partial charge in [0.25, 0.3) is 0 Å². The summed E-state index contributed by atoms with van der Waals surface area (Å²) < 4.78 is 0. The smallest absolute Gasteiger partial charge is 0.139 e. The second kappa shape index (κ2) is 10.1. The fourth-order valence-electron chi connectivity index (χ4n) is 6.41. The zero-order valence-electron chi connectivity index (χ0n) is 16.4. The van der Waals surface area contributed by atoms with Crippen molar-refractivity contribution in [2.24, 2.45) is 28.6 Å². The van der Waals surface area contributed by atoms with Crippen molar-refractivity contribution in [2.45, 2.75) is 71.3 Å². The molecule has 0 unspecified atom stereocenters. The van der Waals surface area contributed by atoms with Crippen LogP contribution < -0.4 is 0 Å².